The Hall–Kier alpha value is -4.17. The van der Waals surface area contributed by atoms with Crippen LogP contribution in [0.4, 0.5) is 0 Å². The van der Waals surface area contributed by atoms with Crippen LogP contribution in [0.3, 0.4) is 0 Å². The summed E-state index contributed by atoms with van der Waals surface area (Å²) < 4.78 is 5.92. The van der Waals surface area contributed by atoms with Crippen molar-refractivity contribution in [1.29, 1.82) is 0 Å². The molecule has 0 saturated heterocycles. The monoisotopic (exact) mass is 426 g/mol. The molecule has 0 aliphatic heterocycles. The van der Waals surface area contributed by atoms with Gasteiger partial charge in [-0.25, -0.2) is 0 Å². The largest absolute Gasteiger partial charge is 0.425 e. The normalized spacial score (nSPS) is 11.4. The van der Waals surface area contributed by atoms with Gasteiger partial charge in [-0.05, 0) is 49.5 Å². The first-order chi connectivity index (χ1) is 16.3. The molecule has 6 aromatic carbocycles. The maximum absolute atomic E-state index is 12.4. The van der Waals surface area contributed by atoms with E-state index in [4.69, 9.17) is 4.74 Å². The molecule has 0 unspecified atom stereocenters. The van der Waals surface area contributed by atoms with Crippen LogP contribution >= 0.6 is 0 Å². The highest BCUT2D eigenvalue weighted by Gasteiger charge is 2.20. The first kappa shape index (κ1) is 19.5. The molecule has 0 bridgehead atoms. The van der Waals surface area contributed by atoms with Crippen molar-refractivity contribution >= 4 is 49.1 Å². The van der Waals surface area contributed by atoms with Crippen molar-refractivity contribution in [2.45, 2.75) is 13.3 Å². The third-order valence-corrected chi connectivity index (χ3v) is 6.41. The van der Waals surface area contributed by atoms with E-state index in [0.29, 0.717) is 12.2 Å². The SMILES string of the molecule is CCC(=O)Oc1c2ccccc2c(-c2c3ccccc3cc3ccccc23)c2ccccc12. The molecule has 0 radical (unpaired) electrons. The van der Waals surface area contributed by atoms with Crippen LogP contribution in [0.15, 0.2) is 103 Å². The number of hydrogen-bond donors (Lipinski definition) is 0. The first-order valence-corrected chi connectivity index (χ1v) is 11.3. The topological polar surface area (TPSA) is 26.3 Å². The van der Waals surface area contributed by atoms with E-state index in [1.807, 2.05) is 19.1 Å². The molecule has 0 aromatic heterocycles. The summed E-state index contributed by atoms with van der Waals surface area (Å²) in [5.74, 6) is 0.412. The molecule has 0 aliphatic rings. The molecule has 0 N–H and O–H groups in total. The second-order valence-electron chi connectivity index (χ2n) is 8.32. The van der Waals surface area contributed by atoms with E-state index in [1.54, 1.807) is 0 Å². The van der Waals surface area contributed by atoms with Gasteiger partial charge in [0.15, 0.2) is 0 Å². The number of rotatable bonds is 3. The minimum atomic E-state index is -0.228. The zero-order valence-corrected chi connectivity index (χ0v) is 18.3. The lowest BCUT2D eigenvalue weighted by Gasteiger charge is -2.19. The van der Waals surface area contributed by atoms with Crippen molar-refractivity contribution in [1.82, 2.24) is 0 Å². The van der Waals surface area contributed by atoms with Crippen molar-refractivity contribution in [3.05, 3.63) is 103 Å². The molecular formula is C31H22O2. The molecule has 2 nitrogen and oxygen atoms in total. The summed E-state index contributed by atoms with van der Waals surface area (Å²) in [5, 5.41) is 8.90. The number of carbonyl (C=O) groups excluding carboxylic acids is 1. The second-order valence-corrected chi connectivity index (χ2v) is 8.32. The molecule has 0 saturated carbocycles. The van der Waals surface area contributed by atoms with Crippen molar-refractivity contribution < 1.29 is 9.53 Å². The zero-order valence-electron chi connectivity index (χ0n) is 18.3. The van der Waals surface area contributed by atoms with Gasteiger partial charge in [0.25, 0.3) is 0 Å². The van der Waals surface area contributed by atoms with Crippen molar-refractivity contribution in [3.8, 4) is 16.9 Å². The van der Waals surface area contributed by atoms with Crippen molar-refractivity contribution in [2.75, 3.05) is 0 Å². The number of esters is 1. The Morgan fingerprint density at radius 2 is 0.970 bits per heavy atom. The Labute approximate surface area is 192 Å². The van der Waals surface area contributed by atoms with Gasteiger partial charge in [0.05, 0.1) is 0 Å². The highest BCUT2D eigenvalue weighted by Crippen LogP contribution is 2.47. The van der Waals surface area contributed by atoms with Crippen LogP contribution in [0.25, 0.3) is 54.2 Å². The summed E-state index contributed by atoms with van der Waals surface area (Å²) >= 11 is 0. The summed E-state index contributed by atoms with van der Waals surface area (Å²) in [5.41, 5.74) is 2.38. The molecule has 33 heavy (non-hydrogen) atoms. The second kappa shape index (κ2) is 7.75. The van der Waals surface area contributed by atoms with Crippen molar-refractivity contribution in [2.24, 2.45) is 0 Å². The molecule has 0 atom stereocenters. The van der Waals surface area contributed by atoms with Gasteiger partial charge in [-0.2, -0.15) is 0 Å². The molecule has 0 amide bonds. The lowest BCUT2D eigenvalue weighted by atomic mass is 9.86. The summed E-state index contributed by atoms with van der Waals surface area (Å²) in [6, 6.07) is 35.9. The molecule has 2 heteroatoms. The Balaban J connectivity index is 1.86. The van der Waals surface area contributed by atoms with Gasteiger partial charge in [-0.1, -0.05) is 104 Å². The van der Waals surface area contributed by atoms with Gasteiger partial charge in [-0.3, -0.25) is 4.79 Å². The molecule has 6 aromatic rings. The number of benzene rings is 6. The van der Waals surface area contributed by atoms with Gasteiger partial charge in [0.1, 0.15) is 5.75 Å². The van der Waals surface area contributed by atoms with Crippen LogP contribution in [0.1, 0.15) is 13.3 Å². The van der Waals surface area contributed by atoms with Gasteiger partial charge in [-0.15, -0.1) is 0 Å². The number of fused-ring (bicyclic) bond motifs is 4. The van der Waals surface area contributed by atoms with E-state index in [-0.39, 0.29) is 5.97 Å². The minimum absolute atomic E-state index is 0.228. The fraction of sp³-hybridized carbons (Fsp3) is 0.0645. The predicted octanol–water partition coefficient (Wildman–Crippen LogP) is 8.28. The van der Waals surface area contributed by atoms with Crippen LogP contribution in [0.2, 0.25) is 0 Å². The van der Waals surface area contributed by atoms with E-state index in [9.17, 15) is 4.79 Å². The Morgan fingerprint density at radius 3 is 1.45 bits per heavy atom. The van der Waals surface area contributed by atoms with E-state index in [2.05, 4.69) is 91.0 Å². The maximum Gasteiger partial charge on any atom is 0.310 e. The highest BCUT2D eigenvalue weighted by atomic mass is 16.5. The van der Waals surface area contributed by atoms with Gasteiger partial charge in [0, 0.05) is 17.2 Å². The Bertz CT molecular complexity index is 1580. The molecule has 0 aliphatic carbocycles. The average Bonchev–Trinajstić information content (AvgIpc) is 2.87. The maximum atomic E-state index is 12.4. The summed E-state index contributed by atoms with van der Waals surface area (Å²) in [7, 11) is 0. The molecule has 0 spiro atoms. The Kier molecular flexibility index (Phi) is 4.58. The Morgan fingerprint density at radius 1 is 0.576 bits per heavy atom. The first-order valence-electron chi connectivity index (χ1n) is 11.3. The zero-order chi connectivity index (χ0) is 22.4. The molecule has 6 rings (SSSR count). The minimum Gasteiger partial charge on any atom is -0.425 e. The highest BCUT2D eigenvalue weighted by molar-refractivity contribution is 6.25. The molecule has 158 valence electrons. The van der Waals surface area contributed by atoms with E-state index in [1.165, 1.54) is 32.7 Å². The van der Waals surface area contributed by atoms with Gasteiger partial charge in [0.2, 0.25) is 0 Å². The van der Waals surface area contributed by atoms with Gasteiger partial charge < -0.3 is 4.74 Å². The average molecular weight is 427 g/mol. The van der Waals surface area contributed by atoms with Crippen LogP contribution < -0.4 is 4.74 Å². The molecular weight excluding hydrogens is 404 g/mol. The van der Waals surface area contributed by atoms with Gasteiger partial charge >= 0.3 is 5.97 Å². The van der Waals surface area contributed by atoms with Crippen LogP contribution in [0, 0.1) is 0 Å². The number of ether oxygens (including phenoxy) is 1. The third kappa shape index (κ3) is 3.07. The molecule has 0 fully saturated rings. The summed E-state index contributed by atoms with van der Waals surface area (Å²) in [4.78, 5) is 12.4. The third-order valence-electron chi connectivity index (χ3n) is 6.41. The number of hydrogen-bond acceptors (Lipinski definition) is 2. The van der Waals surface area contributed by atoms with Crippen LogP contribution in [-0.2, 0) is 4.79 Å². The van der Waals surface area contributed by atoms with E-state index < -0.39 is 0 Å². The lowest BCUT2D eigenvalue weighted by Crippen LogP contribution is -2.06. The van der Waals surface area contributed by atoms with Crippen molar-refractivity contribution in [3.63, 3.8) is 0 Å². The quantitative estimate of drug-likeness (QED) is 0.162. The number of carbonyl (C=O) groups is 1. The lowest BCUT2D eigenvalue weighted by molar-refractivity contribution is -0.133. The summed E-state index contributed by atoms with van der Waals surface area (Å²) in [6.45, 7) is 1.82. The van der Waals surface area contributed by atoms with Crippen LogP contribution in [0.5, 0.6) is 5.75 Å². The van der Waals surface area contributed by atoms with Crippen LogP contribution in [-0.4, -0.2) is 5.97 Å². The predicted molar refractivity (Wildman–Crippen MR) is 138 cm³/mol. The summed E-state index contributed by atoms with van der Waals surface area (Å²) in [6.07, 6.45) is 0.332. The van der Waals surface area contributed by atoms with E-state index in [0.717, 1.165) is 21.5 Å². The standard InChI is InChI=1S/C31H22O2/c1-2-28(32)33-31-26-17-9-7-15-24(26)30(25-16-8-10-18-27(25)31)29-22-13-5-3-11-20(22)19-21-12-4-6-14-23(21)29/h3-19H,2H2,1H3. The fourth-order valence-electron chi connectivity index (χ4n) is 4.94. The smallest absolute Gasteiger partial charge is 0.310 e. The fourth-order valence-corrected chi connectivity index (χ4v) is 4.94. The van der Waals surface area contributed by atoms with E-state index >= 15 is 0 Å². The molecule has 0 heterocycles.